The number of nitrogens with one attached hydrogen (secondary N) is 1. The van der Waals surface area contributed by atoms with Crippen molar-refractivity contribution < 1.29 is 4.79 Å². The Kier molecular flexibility index (Phi) is 8.17. The van der Waals surface area contributed by atoms with E-state index in [2.05, 4.69) is 17.9 Å². The maximum absolute atomic E-state index is 11.6. The lowest BCUT2D eigenvalue weighted by Gasteiger charge is -2.15. The summed E-state index contributed by atoms with van der Waals surface area (Å²) in [7, 11) is 0. The zero-order chi connectivity index (χ0) is 20.5. The average molecular weight is 397 g/mol. The van der Waals surface area contributed by atoms with Crippen molar-refractivity contribution in [2.45, 2.75) is 26.3 Å². The third-order valence-corrected chi connectivity index (χ3v) is 4.50. The minimum absolute atomic E-state index is 0.220. The van der Waals surface area contributed by atoms with Gasteiger partial charge >= 0.3 is 0 Å². The van der Waals surface area contributed by atoms with E-state index >= 15 is 0 Å². The highest BCUT2D eigenvalue weighted by atomic mass is 32.1. The van der Waals surface area contributed by atoms with Crippen LogP contribution in [0.3, 0.4) is 0 Å². The zero-order valence-corrected chi connectivity index (χ0v) is 17.2. The van der Waals surface area contributed by atoms with Gasteiger partial charge in [-0.1, -0.05) is 42.5 Å². The molecule has 2 aromatic rings. The summed E-state index contributed by atoms with van der Waals surface area (Å²) in [5, 5.41) is 4.90. The molecule has 1 aliphatic carbocycles. The van der Waals surface area contributed by atoms with Crippen molar-refractivity contribution in [3.63, 3.8) is 0 Å². The van der Waals surface area contributed by atoms with Crippen LogP contribution in [0.25, 0.3) is 5.70 Å². The van der Waals surface area contributed by atoms with Crippen molar-refractivity contribution in [2.75, 3.05) is 11.6 Å². The van der Waals surface area contributed by atoms with Crippen LogP contribution in [0.15, 0.2) is 72.1 Å². The smallest absolute Gasteiger partial charge is 0.160 e. The normalized spacial score (nSPS) is 13.9. The lowest BCUT2D eigenvalue weighted by Crippen LogP contribution is -2.25. The lowest BCUT2D eigenvalue weighted by atomic mass is 10.1. The number of nitrogens with two attached hydrogens (primary N) is 2. The van der Waals surface area contributed by atoms with E-state index in [1.807, 2.05) is 61.5 Å². The topological polar surface area (TPSA) is 84.4 Å². The van der Waals surface area contributed by atoms with Gasteiger partial charge in [0.05, 0.1) is 12.2 Å². The third kappa shape index (κ3) is 5.90. The van der Waals surface area contributed by atoms with E-state index in [-0.39, 0.29) is 5.78 Å². The molecule has 5 nitrogen and oxygen atoms in total. The molecular weight excluding hydrogens is 368 g/mol. The number of rotatable bonds is 6. The van der Waals surface area contributed by atoms with E-state index in [0.29, 0.717) is 18.7 Å². The van der Waals surface area contributed by atoms with Gasteiger partial charge in [-0.05, 0) is 42.9 Å². The molecule has 0 fully saturated rings. The second kappa shape index (κ2) is 10.6. The Bertz CT molecular complexity index is 845. The Balaban J connectivity index is 0.00000136. The summed E-state index contributed by atoms with van der Waals surface area (Å²) in [4.78, 5) is 11.6. The van der Waals surface area contributed by atoms with Crippen LogP contribution in [-0.2, 0) is 11.3 Å². The number of hydrogen-bond donors (Lipinski definition) is 4. The van der Waals surface area contributed by atoms with Gasteiger partial charge in [0.1, 0.15) is 0 Å². The van der Waals surface area contributed by atoms with Crippen LogP contribution in [-0.4, -0.2) is 17.0 Å². The van der Waals surface area contributed by atoms with E-state index in [4.69, 9.17) is 11.6 Å². The number of carbonyl (C=O) groups excluding carboxylic acids is 1. The van der Waals surface area contributed by atoms with Gasteiger partial charge in [-0.25, -0.2) is 5.84 Å². The number of Topliss-reactive ketones (excluding diaryl/α,β-unsaturated/α-hetero) is 1. The van der Waals surface area contributed by atoms with Crippen LogP contribution < -0.4 is 16.9 Å². The number of allylic oxidation sites excluding steroid dienone is 2. The summed E-state index contributed by atoms with van der Waals surface area (Å²) in [6.45, 7) is 2.46. The maximum Gasteiger partial charge on any atom is 0.160 e. The number of nitrogens with zero attached hydrogens (tertiary/aromatic N) is 1. The van der Waals surface area contributed by atoms with Gasteiger partial charge in [0.15, 0.2) is 5.78 Å². The number of carbonyl (C=O) groups is 1. The Labute approximate surface area is 172 Å². The molecular formula is C22H28N4OS. The number of hydrogen-bond acceptors (Lipinski definition) is 6. The summed E-state index contributed by atoms with van der Waals surface area (Å²) in [6, 6.07) is 17.8. The molecule has 0 spiro atoms. The SMILES string of the molecule is CC1=C(Nc2ccc(/C(N)=C/N(N)Cc3ccccc3)cc2)CCC1=O.CS. The quantitative estimate of drug-likeness (QED) is 0.338. The van der Waals surface area contributed by atoms with Crippen molar-refractivity contribution >= 4 is 29.8 Å². The Hall–Kier alpha value is -2.70. The van der Waals surface area contributed by atoms with Crippen LogP contribution in [0.1, 0.15) is 30.9 Å². The van der Waals surface area contributed by atoms with Crippen molar-refractivity contribution in [1.29, 1.82) is 0 Å². The molecule has 6 heteroatoms. The van der Waals surface area contributed by atoms with Gasteiger partial charge in [-0.3, -0.25) is 4.79 Å². The lowest BCUT2D eigenvalue weighted by molar-refractivity contribution is -0.114. The molecule has 0 aliphatic heterocycles. The van der Waals surface area contributed by atoms with Crippen molar-refractivity contribution in [3.8, 4) is 0 Å². The second-order valence-electron chi connectivity index (χ2n) is 6.47. The largest absolute Gasteiger partial charge is 0.397 e. The highest BCUT2D eigenvalue weighted by Gasteiger charge is 2.18. The van der Waals surface area contributed by atoms with Gasteiger partial charge in [-0.15, -0.1) is 0 Å². The number of benzene rings is 2. The Morgan fingerprint density at radius 1 is 1.11 bits per heavy atom. The molecule has 0 bridgehead atoms. The van der Waals surface area contributed by atoms with E-state index in [9.17, 15) is 4.79 Å². The standard InChI is InChI=1S/C21H24N4O.CH4S/c1-15-20(11-12-21(15)26)24-18-9-7-17(8-10-18)19(22)14-25(23)13-16-5-3-2-4-6-16;1-2/h2-10,14,24H,11-13,22-23H2,1H3;2H,1H3/b19-14-;. The maximum atomic E-state index is 11.6. The predicted molar refractivity (Wildman–Crippen MR) is 120 cm³/mol. The molecule has 3 rings (SSSR count). The van der Waals surface area contributed by atoms with Gasteiger partial charge in [-0.2, -0.15) is 12.6 Å². The number of hydrazine groups is 1. The monoisotopic (exact) mass is 396 g/mol. The number of thiol groups is 1. The minimum atomic E-state index is 0.220. The molecule has 0 radical (unpaired) electrons. The summed E-state index contributed by atoms with van der Waals surface area (Å²) in [5.41, 5.74) is 11.6. The fraction of sp³-hybridized carbons (Fsp3) is 0.227. The first-order valence-electron chi connectivity index (χ1n) is 9.10. The molecule has 0 atom stereocenters. The molecule has 0 saturated carbocycles. The Morgan fingerprint density at radius 2 is 1.75 bits per heavy atom. The summed E-state index contributed by atoms with van der Waals surface area (Å²) in [5.74, 6) is 6.26. The van der Waals surface area contributed by atoms with E-state index in [1.165, 1.54) is 0 Å². The molecule has 0 unspecified atom stereocenters. The zero-order valence-electron chi connectivity index (χ0n) is 16.4. The minimum Gasteiger partial charge on any atom is -0.397 e. The number of ketones is 1. The third-order valence-electron chi connectivity index (χ3n) is 4.50. The summed E-state index contributed by atoms with van der Waals surface area (Å²) >= 11 is 3.53. The van der Waals surface area contributed by atoms with E-state index in [1.54, 1.807) is 17.5 Å². The molecule has 148 valence electrons. The Morgan fingerprint density at radius 3 is 2.32 bits per heavy atom. The molecule has 0 aromatic heterocycles. The summed E-state index contributed by atoms with van der Waals surface area (Å²) < 4.78 is 0. The van der Waals surface area contributed by atoms with Gasteiger partial charge in [0.25, 0.3) is 0 Å². The van der Waals surface area contributed by atoms with E-state index < -0.39 is 0 Å². The van der Waals surface area contributed by atoms with E-state index in [0.717, 1.165) is 34.5 Å². The van der Waals surface area contributed by atoms with Crippen molar-refractivity contribution in [2.24, 2.45) is 11.6 Å². The molecule has 0 saturated heterocycles. The van der Waals surface area contributed by atoms with Crippen molar-refractivity contribution in [3.05, 3.63) is 83.2 Å². The van der Waals surface area contributed by atoms with Gasteiger partial charge in [0.2, 0.25) is 0 Å². The van der Waals surface area contributed by atoms with Crippen LogP contribution in [0.5, 0.6) is 0 Å². The van der Waals surface area contributed by atoms with Crippen LogP contribution >= 0.6 is 12.6 Å². The first-order valence-corrected chi connectivity index (χ1v) is 10.00. The summed E-state index contributed by atoms with van der Waals surface area (Å²) in [6.07, 6.45) is 4.80. The second-order valence-corrected chi connectivity index (χ2v) is 6.47. The first-order chi connectivity index (χ1) is 13.5. The van der Waals surface area contributed by atoms with Crippen LogP contribution in [0.2, 0.25) is 0 Å². The van der Waals surface area contributed by atoms with Gasteiger partial charge < -0.3 is 16.1 Å². The molecule has 5 N–H and O–H groups in total. The molecule has 1 aliphatic rings. The molecule has 0 heterocycles. The highest BCUT2D eigenvalue weighted by molar-refractivity contribution is 7.79. The molecule has 2 aromatic carbocycles. The van der Waals surface area contributed by atoms with Gasteiger partial charge in [0, 0.05) is 29.6 Å². The predicted octanol–water partition coefficient (Wildman–Crippen LogP) is 3.91. The average Bonchev–Trinajstić information content (AvgIpc) is 3.03. The highest BCUT2D eigenvalue weighted by Crippen LogP contribution is 2.25. The number of anilines is 1. The fourth-order valence-electron chi connectivity index (χ4n) is 2.95. The van der Waals surface area contributed by atoms with Crippen LogP contribution in [0.4, 0.5) is 5.69 Å². The van der Waals surface area contributed by atoms with Crippen molar-refractivity contribution in [1.82, 2.24) is 5.01 Å². The fourth-order valence-corrected chi connectivity index (χ4v) is 2.95. The van der Waals surface area contributed by atoms with Crippen LogP contribution in [0, 0.1) is 0 Å². The molecule has 0 amide bonds. The first kappa shape index (κ1) is 21.6. The molecule has 28 heavy (non-hydrogen) atoms.